The molecule has 1 saturated heterocycles. The van der Waals surface area contributed by atoms with Crippen molar-refractivity contribution in [1.29, 1.82) is 0 Å². The summed E-state index contributed by atoms with van der Waals surface area (Å²) in [5, 5.41) is 0. The minimum absolute atomic E-state index is 0.0573. The molecule has 3 atom stereocenters. The van der Waals surface area contributed by atoms with E-state index in [4.69, 9.17) is 15.2 Å². The predicted molar refractivity (Wildman–Crippen MR) is 80.1 cm³/mol. The van der Waals surface area contributed by atoms with Gasteiger partial charge < -0.3 is 15.2 Å². The van der Waals surface area contributed by atoms with Crippen molar-refractivity contribution in [2.45, 2.75) is 51.1 Å². The fourth-order valence-electron chi connectivity index (χ4n) is 2.68. The number of rotatable bonds is 4. The zero-order chi connectivity index (χ0) is 13.8. The minimum Gasteiger partial charge on any atom is -0.375 e. The van der Waals surface area contributed by atoms with Gasteiger partial charge in [-0.3, -0.25) is 0 Å². The predicted octanol–water partition coefficient (Wildman–Crippen LogP) is 3.42. The van der Waals surface area contributed by atoms with Gasteiger partial charge in [-0.25, -0.2) is 0 Å². The second-order valence-corrected chi connectivity index (χ2v) is 6.09. The third-order valence-electron chi connectivity index (χ3n) is 3.48. The van der Waals surface area contributed by atoms with Gasteiger partial charge in [0.25, 0.3) is 0 Å². The Labute approximate surface area is 123 Å². The molecule has 0 spiro atoms. The molecular formula is C15H22BrNO2. The molecule has 2 N–H and O–H groups in total. The second kappa shape index (κ2) is 6.84. The molecule has 4 heteroatoms. The van der Waals surface area contributed by atoms with Crippen molar-refractivity contribution >= 4 is 15.9 Å². The quantitative estimate of drug-likeness (QED) is 0.921. The monoisotopic (exact) mass is 327 g/mol. The Bertz CT molecular complexity index is 403. The Kier molecular flexibility index (Phi) is 5.39. The molecule has 2 rings (SSSR count). The van der Waals surface area contributed by atoms with Crippen molar-refractivity contribution in [2.24, 2.45) is 5.73 Å². The molecule has 106 valence electrons. The number of hydrogen-bond acceptors (Lipinski definition) is 3. The molecule has 0 saturated carbocycles. The van der Waals surface area contributed by atoms with E-state index in [1.165, 1.54) is 0 Å². The van der Waals surface area contributed by atoms with Crippen LogP contribution in [0.1, 0.15) is 38.4 Å². The average Bonchev–Trinajstić information content (AvgIpc) is 2.36. The highest BCUT2D eigenvalue weighted by Crippen LogP contribution is 2.30. The van der Waals surface area contributed by atoms with E-state index in [0.717, 1.165) is 22.9 Å². The molecule has 3 unspecified atom stereocenters. The van der Waals surface area contributed by atoms with Crippen LogP contribution in [0.4, 0.5) is 0 Å². The van der Waals surface area contributed by atoms with E-state index < -0.39 is 0 Å². The molecule has 0 bridgehead atoms. The summed E-state index contributed by atoms with van der Waals surface area (Å²) in [5.74, 6) is 0. The largest absolute Gasteiger partial charge is 0.375 e. The summed E-state index contributed by atoms with van der Waals surface area (Å²) in [4.78, 5) is 0. The summed E-state index contributed by atoms with van der Waals surface area (Å²) in [7, 11) is 0. The van der Waals surface area contributed by atoms with Gasteiger partial charge in [-0.15, -0.1) is 0 Å². The van der Waals surface area contributed by atoms with Crippen molar-refractivity contribution in [2.75, 3.05) is 6.54 Å². The van der Waals surface area contributed by atoms with Gasteiger partial charge in [-0.1, -0.05) is 34.1 Å². The molecule has 1 fully saturated rings. The van der Waals surface area contributed by atoms with Crippen LogP contribution in [0.2, 0.25) is 0 Å². The highest BCUT2D eigenvalue weighted by molar-refractivity contribution is 9.10. The van der Waals surface area contributed by atoms with Crippen molar-refractivity contribution in [3.8, 4) is 0 Å². The standard InChI is InChI=1S/C15H22BrNO2/c1-10-7-12(8-11(2)18-10)19-15(9-17)13-5-3-4-6-14(13)16/h3-6,10-12,15H,7-9,17H2,1-2H3. The maximum atomic E-state index is 6.21. The van der Waals surface area contributed by atoms with E-state index in [9.17, 15) is 0 Å². The van der Waals surface area contributed by atoms with Crippen LogP contribution in [0, 0.1) is 0 Å². The third kappa shape index (κ3) is 4.02. The highest BCUT2D eigenvalue weighted by Gasteiger charge is 2.27. The fourth-order valence-corrected chi connectivity index (χ4v) is 3.22. The molecule has 19 heavy (non-hydrogen) atoms. The Hall–Kier alpha value is -0.420. The smallest absolute Gasteiger partial charge is 0.0961 e. The number of nitrogens with two attached hydrogens (primary N) is 1. The molecule has 1 aliphatic rings. The lowest BCUT2D eigenvalue weighted by Gasteiger charge is -2.34. The van der Waals surface area contributed by atoms with Crippen molar-refractivity contribution in [3.05, 3.63) is 34.3 Å². The van der Waals surface area contributed by atoms with Crippen LogP contribution in [-0.2, 0) is 9.47 Å². The van der Waals surface area contributed by atoms with E-state index in [1.54, 1.807) is 0 Å². The van der Waals surface area contributed by atoms with Crippen molar-refractivity contribution in [1.82, 2.24) is 0 Å². The lowest BCUT2D eigenvalue weighted by Crippen LogP contribution is -2.36. The number of benzene rings is 1. The van der Waals surface area contributed by atoms with Crippen molar-refractivity contribution in [3.63, 3.8) is 0 Å². The van der Waals surface area contributed by atoms with E-state index in [2.05, 4.69) is 35.8 Å². The van der Waals surface area contributed by atoms with Gasteiger partial charge in [0.15, 0.2) is 0 Å². The Morgan fingerprint density at radius 3 is 2.53 bits per heavy atom. The molecule has 1 heterocycles. The number of hydrogen-bond donors (Lipinski definition) is 1. The van der Waals surface area contributed by atoms with Gasteiger partial charge in [0.05, 0.1) is 24.4 Å². The molecule has 0 radical (unpaired) electrons. The van der Waals surface area contributed by atoms with E-state index in [-0.39, 0.29) is 24.4 Å². The van der Waals surface area contributed by atoms with E-state index >= 15 is 0 Å². The van der Waals surface area contributed by atoms with Crippen LogP contribution < -0.4 is 5.73 Å². The lowest BCUT2D eigenvalue weighted by atomic mass is 10.0. The zero-order valence-electron chi connectivity index (χ0n) is 11.5. The fraction of sp³-hybridized carbons (Fsp3) is 0.600. The average molecular weight is 328 g/mol. The summed E-state index contributed by atoms with van der Waals surface area (Å²) in [6.07, 6.45) is 2.55. The first kappa shape index (κ1) is 15.0. The molecule has 1 aromatic rings. The van der Waals surface area contributed by atoms with Crippen LogP contribution in [-0.4, -0.2) is 24.9 Å². The maximum absolute atomic E-state index is 6.21. The lowest BCUT2D eigenvalue weighted by molar-refractivity contribution is -0.121. The first-order chi connectivity index (χ1) is 9.10. The van der Waals surface area contributed by atoms with Crippen molar-refractivity contribution < 1.29 is 9.47 Å². The molecule has 0 aliphatic carbocycles. The first-order valence-corrected chi connectivity index (χ1v) is 7.65. The van der Waals surface area contributed by atoms with Gasteiger partial charge >= 0.3 is 0 Å². The molecule has 1 aromatic carbocycles. The number of halogens is 1. The summed E-state index contributed by atoms with van der Waals surface area (Å²) >= 11 is 3.57. The van der Waals surface area contributed by atoms with Crippen LogP contribution in [0.3, 0.4) is 0 Å². The van der Waals surface area contributed by atoms with Gasteiger partial charge in [0.2, 0.25) is 0 Å². The van der Waals surface area contributed by atoms with Gasteiger partial charge in [0.1, 0.15) is 0 Å². The van der Waals surface area contributed by atoms with Gasteiger partial charge in [0, 0.05) is 11.0 Å². The Morgan fingerprint density at radius 2 is 1.95 bits per heavy atom. The topological polar surface area (TPSA) is 44.5 Å². The Balaban J connectivity index is 2.05. The zero-order valence-corrected chi connectivity index (χ0v) is 13.1. The molecule has 3 nitrogen and oxygen atoms in total. The minimum atomic E-state index is -0.0573. The van der Waals surface area contributed by atoms with Crippen LogP contribution in [0.5, 0.6) is 0 Å². The normalized spacial score (nSPS) is 29.2. The summed E-state index contributed by atoms with van der Waals surface area (Å²) in [6.45, 7) is 4.69. The molecule has 1 aliphatic heterocycles. The van der Waals surface area contributed by atoms with E-state index in [0.29, 0.717) is 6.54 Å². The number of ether oxygens (including phenoxy) is 2. The van der Waals surface area contributed by atoms with Gasteiger partial charge in [-0.05, 0) is 38.3 Å². The summed E-state index contributed by atoms with van der Waals surface area (Å²) in [5.41, 5.74) is 7.01. The van der Waals surface area contributed by atoms with Crippen LogP contribution in [0.25, 0.3) is 0 Å². The second-order valence-electron chi connectivity index (χ2n) is 5.23. The molecular weight excluding hydrogens is 306 g/mol. The molecule has 0 aromatic heterocycles. The van der Waals surface area contributed by atoms with Crippen LogP contribution in [0.15, 0.2) is 28.7 Å². The summed E-state index contributed by atoms with van der Waals surface area (Å²) < 4.78 is 13.0. The molecule has 0 amide bonds. The van der Waals surface area contributed by atoms with Crippen LogP contribution >= 0.6 is 15.9 Å². The SMILES string of the molecule is CC1CC(OC(CN)c2ccccc2Br)CC(C)O1. The van der Waals surface area contributed by atoms with Gasteiger partial charge in [-0.2, -0.15) is 0 Å². The highest BCUT2D eigenvalue weighted by atomic mass is 79.9. The Morgan fingerprint density at radius 1 is 1.32 bits per heavy atom. The van der Waals surface area contributed by atoms with E-state index in [1.807, 2.05) is 18.2 Å². The summed E-state index contributed by atoms with van der Waals surface area (Å²) in [6, 6.07) is 8.10. The first-order valence-electron chi connectivity index (χ1n) is 6.85. The third-order valence-corrected chi connectivity index (χ3v) is 4.20. The maximum Gasteiger partial charge on any atom is 0.0961 e.